The van der Waals surface area contributed by atoms with Crippen molar-refractivity contribution in [2.45, 2.75) is 16.7 Å². The third-order valence-electron chi connectivity index (χ3n) is 5.27. The van der Waals surface area contributed by atoms with E-state index in [1.54, 1.807) is 36.1 Å². The third kappa shape index (κ3) is 5.52. The molecule has 10 nitrogen and oxygen atoms in total. The molecule has 1 fully saturated rings. The Kier molecular flexibility index (Phi) is 8.18. The number of morpholine rings is 1. The van der Waals surface area contributed by atoms with Crippen molar-refractivity contribution < 1.29 is 31.1 Å². The summed E-state index contributed by atoms with van der Waals surface area (Å²) >= 11 is 0. The van der Waals surface area contributed by atoms with Gasteiger partial charge in [-0.15, -0.1) is 0 Å². The number of rotatable bonds is 9. The lowest BCUT2D eigenvalue weighted by atomic mass is 10.3. The molecule has 0 atom stereocenters. The van der Waals surface area contributed by atoms with E-state index < -0.39 is 26.6 Å². The van der Waals surface area contributed by atoms with Gasteiger partial charge in [-0.25, -0.2) is 21.1 Å². The standard InChI is InChI=1S/C22H29N3O7S2/c1-4-32-21-8-6-5-7-20(21)25(17-22(26)24-13-15-31-16-14-24)34(29,30)19-11-9-18(10-12-19)33(27,28)23(2)3/h5-12H,4,13-17H2,1-3H3. The smallest absolute Gasteiger partial charge is 0.264 e. The predicted octanol–water partition coefficient (Wildman–Crippen LogP) is 1.39. The van der Waals surface area contributed by atoms with Gasteiger partial charge in [0, 0.05) is 27.2 Å². The number of ether oxygens (including phenoxy) is 2. The summed E-state index contributed by atoms with van der Waals surface area (Å²) in [5, 5.41) is 0. The van der Waals surface area contributed by atoms with Crippen LogP contribution in [0, 0.1) is 0 Å². The molecule has 1 aliphatic rings. The van der Waals surface area contributed by atoms with Gasteiger partial charge in [0.2, 0.25) is 15.9 Å². The van der Waals surface area contributed by atoms with E-state index in [2.05, 4.69) is 0 Å². The number of carbonyl (C=O) groups is 1. The van der Waals surface area contributed by atoms with E-state index in [0.29, 0.717) is 38.7 Å². The Hall–Kier alpha value is -2.67. The van der Waals surface area contributed by atoms with Crippen molar-refractivity contribution in [2.75, 3.05) is 57.9 Å². The second kappa shape index (κ2) is 10.7. The van der Waals surface area contributed by atoms with Gasteiger partial charge in [-0.3, -0.25) is 9.10 Å². The summed E-state index contributed by atoms with van der Waals surface area (Å²) in [5.74, 6) is -0.0554. The third-order valence-corrected chi connectivity index (χ3v) is 8.87. The summed E-state index contributed by atoms with van der Waals surface area (Å²) in [7, 11) is -5.19. The Morgan fingerprint density at radius 2 is 1.50 bits per heavy atom. The van der Waals surface area contributed by atoms with Crippen LogP contribution in [0.25, 0.3) is 0 Å². The van der Waals surface area contributed by atoms with Crippen LogP contribution in [0.2, 0.25) is 0 Å². The Labute approximate surface area is 200 Å². The van der Waals surface area contributed by atoms with Gasteiger partial charge < -0.3 is 14.4 Å². The van der Waals surface area contributed by atoms with Gasteiger partial charge in [0.05, 0.1) is 35.3 Å². The molecule has 186 valence electrons. The monoisotopic (exact) mass is 511 g/mol. The molecule has 1 heterocycles. The van der Waals surface area contributed by atoms with Crippen LogP contribution in [0.4, 0.5) is 5.69 Å². The summed E-state index contributed by atoms with van der Waals surface area (Å²) in [6.07, 6.45) is 0. The number of anilines is 1. The molecule has 0 bridgehead atoms. The minimum atomic E-state index is -4.25. The summed E-state index contributed by atoms with van der Waals surface area (Å²) in [6.45, 7) is 3.15. The number of nitrogens with zero attached hydrogens (tertiary/aromatic N) is 3. The van der Waals surface area contributed by atoms with Crippen molar-refractivity contribution in [3.05, 3.63) is 48.5 Å². The average Bonchev–Trinajstić information content (AvgIpc) is 2.83. The van der Waals surface area contributed by atoms with Crippen LogP contribution in [-0.2, 0) is 29.6 Å². The van der Waals surface area contributed by atoms with Crippen LogP contribution >= 0.6 is 0 Å². The fourth-order valence-electron chi connectivity index (χ4n) is 3.40. The number of benzene rings is 2. The van der Waals surface area contributed by atoms with Crippen LogP contribution in [0.3, 0.4) is 0 Å². The number of sulfonamides is 2. The zero-order chi connectivity index (χ0) is 24.9. The normalized spacial score (nSPS) is 14.8. The molecule has 1 saturated heterocycles. The Morgan fingerprint density at radius 3 is 2.06 bits per heavy atom. The lowest BCUT2D eigenvalue weighted by Crippen LogP contribution is -2.47. The van der Waals surface area contributed by atoms with Crippen molar-refractivity contribution in [3.8, 4) is 5.75 Å². The molecule has 1 aliphatic heterocycles. The fourth-order valence-corrected chi connectivity index (χ4v) is 5.72. The summed E-state index contributed by atoms with van der Waals surface area (Å²) < 4.78 is 65.1. The second-order valence-corrected chi connectivity index (χ2v) is 11.7. The first-order valence-corrected chi connectivity index (χ1v) is 13.6. The highest BCUT2D eigenvalue weighted by atomic mass is 32.2. The molecule has 12 heteroatoms. The predicted molar refractivity (Wildman–Crippen MR) is 127 cm³/mol. The molecule has 34 heavy (non-hydrogen) atoms. The number of amides is 1. The average molecular weight is 512 g/mol. The molecule has 0 radical (unpaired) electrons. The minimum absolute atomic E-state index is 0.0397. The van der Waals surface area contributed by atoms with Crippen molar-refractivity contribution in [1.82, 2.24) is 9.21 Å². The van der Waals surface area contributed by atoms with Crippen molar-refractivity contribution >= 4 is 31.6 Å². The van der Waals surface area contributed by atoms with Crippen LogP contribution in [0.1, 0.15) is 6.92 Å². The van der Waals surface area contributed by atoms with Crippen molar-refractivity contribution in [2.24, 2.45) is 0 Å². The maximum atomic E-state index is 13.7. The molecule has 1 amide bonds. The fraction of sp³-hybridized carbons (Fsp3) is 0.409. The van der Waals surface area contributed by atoms with Gasteiger partial charge in [-0.2, -0.15) is 0 Å². The number of para-hydroxylation sites is 2. The first kappa shape index (κ1) is 25.9. The van der Waals surface area contributed by atoms with Gasteiger partial charge >= 0.3 is 0 Å². The van der Waals surface area contributed by atoms with E-state index in [-0.39, 0.29) is 21.4 Å². The molecule has 0 saturated carbocycles. The van der Waals surface area contributed by atoms with E-state index in [1.165, 1.54) is 38.4 Å². The largest absolute Gasteiger partial charge is 0.492 e. The molecule has 0 aromatic heterocycles. The SMILES string of the molecule is CCOc1ccccc1N(CC(=O)N1CCOCC1)S(=O)(=O)c1ccc(S(=O)(=O)N(C)C)cc1. The molecular weight excluding hydrogens is 482 g/mol. The molecule has 2 aromatic rings. The van der Waals surface area contributed by atoms with Crippen LogP contribution < -0.4 is 9.04 Å². The summed E-state index contributed by atoms with van der Waals surface area (Å²) in [6, 6.07) is 11.5. The minimum Gasteiger partial charge on any atom is -0.492 e. The van der Waals surface area contributed by atoms with Gasteiger partial charge in [-0.1, -0.05) is 12.1 Å². The number of hydrogen-bond acceptors (Lipinski definition) is 7. The lowest BCUT2D eigenvalue weighted by Gasteiger charge is -2.31. The van der Waals surface area contributed by atoms with Gasteiger partial charge in [-0.05, 0) is 43.3 Å². The quantitative estimate of drug-likeness (QED) is 0.500. The van der Waals surface area contributed by atoms with Crippen molar-refractivity contribution in [1.29, 1.82) is 0 Å². The van der Waals surface area contributed by atoms with E-state index in [0.717, 1.165) is 8.61 Å². The molecule has 0 unspecified atom stereocenters. The molecule has 0 aliphatic carbocycles. The zero-order valence-electron chi connectivity index (χ0n) is 19.4. The second-order valence-electron chi connectivity index (χ2n) is 7.66. The molecule has 2 aromatic carbocycles. The van der Waals surface area contributed by atoms with Crippen LogP contribution in [0.15, 0.2) is 58.3 Å². The topological polar surface area (TPSA) is 114 Å². The highest BCUT2D eigenvalue weighted by molar-refractivity contribution is 7.93. The zero-order valence-corrected chi connectivity index (χ0v) is 21.0. The van der Waals surface area contributed by atoms with Crippen molar-refractivity contribution in [3.63, 3.8) is 0 Å². The Morgan fingerprint density at radius 1 is 0.941 bits per heavy atom. The molecule has 0 spiro atoms. The molecule has 0 N–H and O–H groups in total. The first-order chi connectivity index (χ1) is 16.1. The van der Waals surface area contributed by atoms with E-state index in [4.69, 9.17) is 9.47 Å². The first-order valence-electron chi connectivity index (χ1n) is 10.7. The van der Waals surface area contributed by atoms with Gasteiger partial charge in [0.25, 0.3) is 10.0 Å². The van der Waals surface area contributed by atoms with Crippen LogP contribution in [0.5, 0.6) is 5.75 Å². The summed E-state index contributed by atoms with van der Waals surface area (Å²) in [4.78, 5) is 14.4. The maximum Gasteiger partial charge on any atom is 0.264 e. The van der Waals surface area contributed by atoms with Gasteiger partial charge in [0.15, 0.2) is 0 Å². The van der Waals surface area contributed by atoms with Gasteiger partial charge in [0.1, 0.15) is 12.3 Å². The van der Waals surface area contributed by atoms with E-state index in [1.807, 2.05) is 0 Å². The van der Waals surface area contributed by atoms with E-state index >= 15 is 0 Å². The Balaban J connectivity index is 2.03. The lowest BCUT2D eigenvalue weighted by molar-refractivity contribution is -0.133. The highest BCUT2D eigenvalue weighted by Crippen LogP contribution is 2.33. The maximum absolute atomic E-state index is 13.7. The van der Waals surface area contributed by atoms with E-state index in [9.17, 15) is 21.6 Å². The van der Waals surface area contributed by atoms with Crippen LogP contribution in [-0.4, -0.2) is 85.5 Å². The number of hydrogen-bond donors (Lipinski definition) is 0. The Bertz CT molecular complexity index is 1210. The highest BCUT2D eigenvalue weighted by Gasteiger charge is 2.32. The molecular formula is C22H29N3O7S2. The molecule has 3 rings (SSSR count). The number of carbonyl (C=O) groups excluding carboxylic acids is 1. The summed E-state index contributed by atoms with van der Waals surface area (Å²) in [5.41, 5.74) is 0.218.